The number of allylic oxidation sites excluding steroid dienone is 7. The molecule has 0 heteroatoms. The maximum Gasteiger partial charge on any atom is -0.0228 e. The zero-order valence-corrected chi connectivity index (χ0v) is 25.3. The normalized spacial score (nSPS) is 9.97. The van der Waals surface area contributed by atoms with Crippen molar-refractivity contribution in [2.24, 2.45) is 0 Å². The van der Waals surface area contributed by atoms with Crippen LogP contribution in [0.25, 0.3) is 11.1 Å². The van der Waals surface area contributed by atoms with Crippen LogP contribution in [0.4, 0.5) is 0 Å². The van der Waals surface area contributed by atoms with Crippen molar-refractivity contribution in [3.05, 3.63) is 119 Å². The molecular formula is C35H54. The fourth-order valence-electron chi connectivity index (χ4n) is 2.14. The molecule has 0 amide bonds. The highest BCUT2D eigenvalue weighted by molar-refractivity contribution is 5.64. The van der Waals surface area contributed by atoms with Gasteiger partial charge in [-0.25, -0.2) is 0 Å². The zero-order chi connectivity index (χ0) is 28.1. The van der Waals surface area contributed by atoms with Gasteiger partial charge < -0.3 is 0 Å². The van der Waals surface area contributed by atoms with Gasteiger partial charge >= 0.3 is 0 Å². The van der Waals surface area contributed by atoms with Crippen molar-refractivity contribution < 1.29 is 0 Å². The van der Waals surface area contributed by atoms with Crippen LogP contribution in [-0.2, 0) is 0 Å². The number of benzene rings is 2. The highest BCUT2D eigenvalue weighted by Crippen LogP contribution is 2.17. The van der Waals surface area contributed by atoms with Crippen LogP contribution in [0.1, 0.15) is 97.1 Å². The molecule has 0 heterocycles. The summed E-state index contributed by atoms with van der Waals surface area (Å²) in [6.07, 6.45) is 4.27. The van der Waals surface area contributed by atoms with Crippen molar-refractivity contribution in [2.75, 3.05) is 0 Å². The number of hydrogen-bond donors (Lipinski definition) is 0. The molecule has 2 rings (SSSR count). The van der Waals surface area contributed by atoms with E-state index in [1.807, 2.05) is 41.5 Å². The first kappa shape index (κ1) is 36.7. The molecule has 0 aliphatic rings. The molecule has 0 N–H and O–H groups in total. The van der Waals surface area contributed by atoms with E-state index in [2.05, 4.69) is 123 Å². The second-order valence-corrected chi connectivity index (χ2v) is 8.88. The van der Waals surface area contributed by atoms with Gasteiger partial charge in [-0.3, -0.25) is 0 Å². The molecule has 0 nitrogen and oxygen atoms in total. The van der Waals surface area contributed by atoms with E-state index in [9.17, 15) is 0 Å². The van der Waals surface area contributed by atoms with Gasteiger partial charge in [0.15, 0.2) is 0 Å². The molecule has 2 aromatic rings. The van der Waals surface area contributed by atoms with Crippen LogP contribution in [0.15, 0.2) is 91.1 Å². The van der Waals surface area contributed by atoms with Crippen LogP contribution >= 0.6 is 0 Å². The van der Waals surface area contributed by atoms with E-state index in [0.717, 1.165) is 11.1 Å². The Morgan fingerprint density at radius 3 is 1.23 bits per heavy atom. The van der Waals surface area contributed by atoms with Gasteiger partial charge in [-0.15, -0.1) is 6.58 Å². The first-order valence-electron chi connectivity index (χ1n) is 12.6. The monoisotopic (exact) mass is 474 g/mol. The number of rotatable bonds is 3. The molecule has 0 unspecified atom stereocenters. The lowest BCUT2D eigenvalue weighted by atomic mass is 10.0. The third-order valence-electron chi connectivity index (χ3n) is 5.06. The van der Waals surface area contributed by atoms with E-state index in [0.29, 0.717) is 0 Å². The Bertz CT molecular complexity index is 928. The van der Waals surface area contributed by atoms with Gasteiger partial charge in [0, 0.05) is 0 Å². The van der Waals surface area contributed by atoms with Crippen LogP contribution in [-0.4, -0.2) is 0 Å². The number of hydrogen-bond acceptors (Lipinski definition) is 0. The van der Waals surface area contributed by atoms with Crippen molar-refractivity contribution in [2.45, 2.75) is 90.0 Å². The van der Waals surface area contributed by atoms with Crippen LogP contribution in [0.3, 0.4) is 0 Å². The summed E-state index contributed by atoms with van der Waals surface area (Å²) in [5, 5.41) is 0. The topological polar surface area (TPSA) is 0 Å². The van der Waals surface area contributed by atoms with Crippen LogP contribution in [0.2, 0.25) is 0 Å². The second kappa shape index (κ2) is 21.7. The first-order valence-corrected chi connectivity index (χ1v) is 12.6. The molecule has 0 saturated heterocycles. The summed E-state index contributed by atoms with van der Waals surface area (Å²) in [5.74, 6) is 0. The minimum Gasteiger partial charge on any atom is -0.100 e. The Morgan fingerprint density at radius 2 is 0.914 bits per heavy atom. The van der Waals surface area contributed by atoms with Crippen LogP contribution < -0.4 is 0 Å². The minimum absolute atomic E-state index is 1.06. The smallest absolute Gasteiger partial charge is 0.0228 e. The van der Waals surface area contributed by atoms with E-state index in [1.54, 1.807) is 0 Å². The summed E-state index contributed by atoms with van der Waals surface area (Å²) in [5.41, 5.74) is 12.7. The van der Waals surface area contributed by atoms with E-state index in [4.69, 9.17) is 0 Å². The SMILES string of the molecule is C/C=C(\C)c1ccc(C)cc1.C=C(C)C.C=C(C)C(=C)C.CC.CC=C(C)c1ccc(C)c(C)c1. The van der Waals surface area contributed by atoms with E-state index < -0.39 is 0 Å². The maximum absolute atomic E-state index is 3.66. The molecule has 0 radical (unpaired) electrons. The van der Waals surface area contributed by atoms with E-state index in [-0.39, 0.29) is 0 Å². The average Bonchev–Trinajstić information content (AvgIpc) is 2.82. The Hall–Kier alpha value is -2.86. The second-order valence-electron chi connectivity index (χ2n) is 8.88. The van der Waals surface area contributed by atoms with Crippen molar-refractivity contribution in [1.29, 1.82) is 0 Å². The summed E-state index contributed by atoms with van der Waals surface area (Å²) >= 11 is 0. The Morgan fingerprint density at radius 1 is 0.571 bits per heavy atom. The number of aryl methyl sites for hydroxylation is 3. The summed E-state index contributed by atoms with van der Waals surface area (Å²) in [4.78, 5) is 0. The molecule has 0 aliphatic carbocycles. The largest absolute Gasteiger partial charge is 0.100 e. The lowest BCUT2D eigenvalue weighted by molar-refractivity contribution is 1.32. The predicted molar refractivity (Wildman–Crippen MR) is 167 cm³/mol. The van der Waals surface area contributed by atoms with Gasteiger partial charge in [-0.2, -0.15) is 0 Å². The highest BCUT2D eigenvalue weighted by atomic mass is 14.0. The summed E-state index contributed by atoms with van der Waals surface area (Å²) in [7, 11) is 0. The quantitative estimate of drug-likeness (QED) is 0.306. The molecule has 0 aromatic heterocycles. The molecule has 0 bridgehead atoms. The lowest BCUT2D eigenvalue weighted by Gasteiger charge is -2.04. The van der Waals surface area contributed by atoms with Gasteiger partial charge in [0.2, 0.25) is 0 Å². The van der Waals surface area contributed by atoms with Crippen molar-refractivity contribution in [3.63, 3.8) is 0 Å². The Kier molecular flexibility index (Phi) is 22.7. The summed E-state index contributed by atoms with van der Waals surface area (Å²) in [6, 6.07) is 15.2. The summed E-state index contributed by atoms with van der Waals surface area (Å²) < 4.78 is 0. The van der Waals surface area contributed by atoms with E-state index in [1.165, 1.54) is 44.5 Å². The minimum atomic E-state index is 1.06. The van der Waals surface area contributed by atoms with Gasteiger partial charge in [-0.05, 0) is 110 Å². The summed E-state index contributed by atoms with van der Waals surface area (Å²) in [6.45, 7) is 37.5. The highest BCUT2D eigenvalue weighted by Gasteiger charge is 1.96. The lowest BCUT2D eigenvalue weighted by Crippen LogP contribution is -1.84. The predicted octanol–water partition coefficient (Wildman–Crippen LogP) is 11.9. The average molecular weight is 475 g/mol. The first-order chi connectivity index (χ1) is 16.3. The molecular weight excluding hydrogens is 420 g/mol. The molecule has 35 heavy (non-hydrogen) atoms. The molecule has 2 aromatic carbocycles. The third kappa shape index (κ3) is 20.2. The van der Waals surface area contributed by atoms with Crippen molar-refractivity contribution in [1.82, 2.24) is 0 Å². The van der Waals surface area contributed by atoms with Gasteiger partial charge in [0.1, 0.15) is 0 Å². The Labute approximate surface area is 219 Å². The van der Waals surface area contributed by atoms with E-state index >= 15 is 0 Å². The van der Waals surface area contributed by atoms with Crippen molar-refractivity contribution in [3.8, 4) is 0 Å². The van der Waals surface area contributed by atoms with Crippen LogP contribution in [0, 0.1) is 20.8 Å². The molecule has 0 saturated carbocycles. The van der Waals surface area contributed by atoms with Gasteiger partial charge in [0.25, 0.3) is 0 Å². The standard InChI is InChI=1S/C12H16.C11H14.C6H10.C4H8.C2H6/c1-5-9(2)12-7-6-10(3)11(4)8-12;1-4-10(3)11-7-5-9(2)6-8-11;1-5(2)6(3)4;1-4(2)3;1-2/h5-8H,1-4H3;4-8H,1-3H3;1,3H2,2,4H3;1H2,2-3H3;1-2H3/b;10-4+;;;. The fourth-order valence-corrected chi connectivity index (χ4v) is 2.14. The van der Waals surface area contributed by atoms with Crippen molar-refractivity contribution >= 4 is 11.1 Å². The third-order valence-corrected chi connectivity index (χ3v) is 5.06. The Balaban J connectivity index is -0.000000409. The molecule has 0 atom stereocenters. The van der Waals surface area contributed by atoms with Gasteiger partial charge in [-0.1, -0.05) is 104 Å². The fraction of sp³-hybridized carbons (Fsp3) is 0.371. The molecule has 0 fully saturated rings. The molecule has 0 aliphatic heterocycles. The molecule has 194 valence electrons. The molecule has 0 spiro atoms. The van der Waals surface area contributed by atoms with Crippen LogP contribution in [0.5, 0.6) is 0 Å². The zero-order valence-electron chi connectivity index (χ0n) is 25.3. The maximum atomic E-state index is 3.66. The van der Waals surface area contributed by atoms with Gasteiger partial charge in [0.05, 0.1) is 0 Å².